The summed E-state index contributed by atoms with van der Waals surface area (Å²) in [5, 5.41) is 5.58. The number of carbonyl (C=O) groups is 1. The van der Waals surface area contributed by atoms with Crippen LogP contribution in [-0.4, -0.2) is 49.5 Å². The van der Waals surface area contributed by atoms with Crippen molar-refractivity contribution in [3.63, 3.8) is 0 Å². The first-order valence-electron chi connectivity index (χ1n) is 14.5. The number of fused-ring (bicyclic) bond motifs is 2. The number of hydrogen-bond acceptors (Lipinski definition) is 7. The normalized spacial score (nSPS) is 13.2. The van der Waals surface area contributed by atoms with Crippen molar-refractivity contribution in [2.24, 2.45) is 10.7 Å². The molecule has 0 atom stereocenters. The van der Waals surface area contributed by atoms with Crippen LogP contribution in [0.25, 0.3) is 28.0 Å². The third-order valence-electron chi connectivity index (χ3n) is 6.96. The molecule has 1 aliphatic heterocycles. The van der Waals surface area contributed by atoms with Crippen molar-refractivity contribution in [3.05, 3.63) is 87.3 Å². The Bertz CT molecular complexity index is 1780. The molecule has 9 nitrogen and oxygen atoms in total. The number of benzene rings is 2. The smallest absolute Gasteiger partial charge is 0.275 e. The minimum atomic E-state index is -0.232. The van der Waals surface area contributed by atoms with Gasteiger partial charge in [0.15, 0.2) is 0 Å². The highest BCUT2D eigenvalue weighted by molar-refractivity contribution is 6.05. The molecule has 0 unspecified atom stereocenters. The van der Waals surface area contributed by atoms with Crippen LogP contribution in [0.2, 0.25) is 0 Å². The lowest BCUT2D eigenvalue weighted by molar-refractivity contribution is -0.127. The van der Waals surface area contributed by atoms with Gasteiger partial charge in [-0.1, -0.05) is 32.0 Å². The molecule has 0 aliphatic carbocycles. The summed E-state index contributed by atoms with van der Waals surface area (Å²) in [6.45, 7) is 9.40. The Morgan fingerprint density at radius 1 is 1.05 bits per heavy atom. The zero-order chi connectivity index (χ0) is 30.0. The first-order valence-corrected chi connectivity index (χ1v) is 14.0. The minimum Gasteiger partial charge on any atom is -0.387 e. The van der Waals surface area contributed by atoms with Crippen LogP contribution in [0.5, 0.6) is 0 Å². The highest BCUT2D eigenvalue weighted by atomic mass is 16.2. The summed E-state index contributed by atoms with van der Waals surface area (Å²) in [4.78, 5) is 41.8. The van der Waals surface area contributed by atoms with Crippen LogP contribution in [0.3, 0.4) is 0 Å². The van der Waals surface area contributed by atoms with Gasteiger partial charge in [-0.25, -0.2) is 19.6 Å². The first kappa shape index (κ1) is 26.6. The number of amides is 1. The van der Waals surface area contributed by atoms with Gasteiger partial charge in [0.2, 0.25) is 5.91 Å². The Morgan fingerprint density at radius 3 is 2.46 bits per heavy atom. The molecule has 0 saturated heterocycles. The summed E-state index contributed by atoms with van der Waals surface area (Å²) in [5.41, 5.74) is 10.9. The maximum Gasteiger partial charge on any atom is 0.275 e. The summed E-state index contributed by atoms with van der Waals surface area (Å²) < 4.78 is 10.2. The first-order chi connectivity index (χ1) is 20.2. The summed E-state index contributed by atoms with van der Waals surface area (Å²) in [6.07, 6.45) is 5.37. The maximum atomic E-state index is 13.3. The molecule has 0 spiro atoms. The molecule has 0 fully saturated rings. The van der Waals surface area contributed by atoms with Gasteiger partial charge >= 0.3 is 0 Å². The molecule has 0 bridgehead atoms. The molecule has 1 aliphatic rings. The van der Waals surface area contributed by atoms with E-state index < -0.39 is 0 Å². The second-order valence-electron chi connectivity index (χ2n) is 10.4. The van der Waals surface area contributed by atoms with Crippen LogP contribution < -0.4 is 11.3 Å². The number of rotatable bonds is 8. The number of aromatic nitrogens is 4. The van der Waals surface area contributed by atoms with Gasteiger partial charge in [-0.3, -0.25) is 9.59 Å². The van der Waals surface area contributed by atoms with E-state index in [1.165, 1.54) is 4.68 Å². The molecular weight excluding hydrogens is 514 g/mol. The van der Waals surface area contributed by atoms with Crippen molar-refractivity contribution in [3.8, 4) is 11.1 Å². The van der Waals surface area contributed by atoms with Crippen LogP contribution in [0, 0.1) is 13.8 Å². The Hall–Kier alpha value is -4.66. The molecule has 2 aromatic carbocycles. The van der Waals surface area contributed by atoms with E-state index in [-0.39, 0.29) is 30.5 Å². The average molecular weight is 551 g/mol. The summed E-state index contributed by atoms with van der Waals surface area (Å²) >= 11 is 0. The second-order valence-corrected chi connectivity index (χ2v) is 10.4. The van der Waals surface area contributed by atoms with E-state index in [2.05, 4.69) is 20.1 Å². The summed E-state index contributed by atoms with van der Waals surface area (Å²) in [6, 6.07) is 11.2. The van der Waals surface area contributed by atoms with Gasteiger partial charge in [0.1, 0.15) is 18.2 Å². The van der Waals surface area contributed by atoms with Gasteiger partial charge in [0.25, 0.3) is 5.56 Å². The van der Waals surface area contributed by atoms with Crippen LogP contribution in [-0.2, 0) is 11.3 Å². The predicted molar refractivity (Wildman–Crippen MR) is 163 cm³/mol. The summed E-state index contributed by atoms with van der Waals surface area (Å²) in [5.74, 6) is 0.798. The Morgan fingerprint density at radius 2 is 1.76 bits per heavy atom. The molecule has 3 heterocycles. The zero-order valence-electron chi connectivity index (χ0n) is 24.9. The number of hydrogen-bond donors (Lipinski definition) is 1. The number of carbonyl (C=O) groups excluding carboxylic acids is 1. The monoisotopic (exact) mass is 550 g/mol. The Kier molecular flexibility index (Phi) is 7.67. The molecule has 0 radical (unpaired) electrons. The van der Waals surface area contributed by atoms with E-state index >= 15 is 0 Å². The van der Waals surface area contributed by atoms with Gasteiger partial charge in [-0.2, -0.15) is 5.10 Å². The fourth-order valence-electron chi connectivity index (χ4n) is 5.16. The zero-order valence-corrected chi connectivity index (χ0v) is 23.9. The van der Waals surface area contributed by atoms with Crippen LogP contribution >= 0.6 is 0 Å². The van der Waals surface area contributed by atoms with Crippen molar-refractivity contribution in [2.45, 2.75) is 53.5 Å². The van der Waals surface area contributed by atoms with E-state index in [0.717, 1.165) is 35.4 Å². The molecule has 9 heteroatoms. The molecule has 5 rings (SSSR count). The fourth-order valence-corrected chi connectivity index (χ4v) is 5.16. The highest BCUT2D eigenvalue weighted by Crippen LogP contribution is 2.33. The van der Waals surface area contributed by atoms with E-state index in [1.807, 2.05) is 56.9 Å². The third kappa shape index (κ3) is 6.09. The Balaban J connectivity index is 1.49. The van der Waals surface area contributed by atoms with Crippen molar-refractivity contribution < 1.29 is 6.17 Å². The Labute approximate surface area is 240 Å². The van der Waals surface area contributed by atoms with E-state index in [9.17, 15) is 9.59 Å². The SMILES string of the molecule is [2H]c1cc(-c2ccc3c(=O)n(Cc4nc(C)cc(C)n4)ncc3c2)cc2c1C=C(C(=O)N(CCC)CCC)CC(N)=N2. The maximum absolute atomic E-state index is 13.3. The minimum absolute atomic E-state index is 0.0649. The summed E-state index contributed by atoms with van der Waals surface area (Å²) in [7, 11) is 0. The number of nitrogens with two attached hydrogens (primary N) is 1. The van der Waals surface area contributed by atoms with Crippen molar-refractivity contribution >= 4 is 34.3 Å². The number of amidine groups is 1. The molecule has 1 amide bonds. The van der Waals surface area contributed by atoms with Crippen molar-refractivity contribution in [2.75, 3.05) is 13.1 Å². The van der Waals surface area contributed by atoms with Crippen LogP contribution in [0.15, 0.2) is 64.0 Å². The molecule has 0 saturated carbocycles. The van der Waals surface area contributed by atoms with Crippen molar-refractivity contribution in [1.82, 2.24) is 24.6 Å². The van der Waals surface area contributed by atoms with E-state index in [0.29, 0.717) is 52.3 Å². The van der Waals surface area contributed by atoms with Crippen LogP contribution in [0.1, 0.15) is 57.3 Å². The third-order valence-corrected chi connectivity index (χ3v) is 6.96. The predicted octanol–water partition coefficient (Wildman–Crippen LogP) is 4.94. The number of nitrogens with zero attached hydrogens (tertiary/aromatic N) is 6. The molecule has 4 aromatic rings. The lowest BCUT2D eigenvalue weighted by atomic mass is 9.99. The number of aliphatic imine (C=N–C) groups is 1. The molecule has 2 N–H and O–H groups in total. The fraction of sp³-hybridized carbons (Fsp3) is 0.312. The standard InChI is InChI=1S/C32H35N7O2/c1-5-11-38(12-6-2)31(40)25-15-24-8-7-23(16-28(24)37-29(33)17-25)22-9-10-27-26(14-22)18-34-39(32(27)41)19-30-35-20(3)13-21(4)36-30/h7-10,13-16,18H,5-6,11-12,17,19H2,1-4H3,(H2,33,37)/i8D. The largest absolute Gasteiger partial charge is 0.387 e. The average Bonchev–Trinajstić information content (AvgIpc) is 3.12. The molecule has 41 heavy (non-hydrogen) atoms. The van der Waals surface area contributed by atoms with Gasteiger partial charge < -0.3 is 10.6 Å². The van der Waals surface area contributed by atoms with Crippen molar-refractivity contribution in [1.29, 1.82) is 0 Å². The lowest BCUT2D eigenvalue weighted by Crippen LogP contribution is -2.34. The topological polar surface area (TPSA) is 119 Å². The van der Waals surface area contributed by atoms with Gasteiger partial charge in [0, 0.05) is 47.4 Å². The van der Waals surface area contributed by atoms with E-state index in [1.54, 1.807) is 24.4 Å². The molecule has 210 valence electrons. The number of aryl methyl sites for hydroxylation is 2. The lowest BCUT2D eigenvalue weighted by Gasteiger charge is -2.22. The quantitative estimate of drug-likeness (QED) is 0.332. The molecule has 2 aromatic heterocycles. The van der Waals surface area contributed by atoms with E-state index in [4.69, 9.17) is 7.10 Å². The van der Waals surface area contributed by atoms with Gasteiger partial charge in [0.05, 0.1) is 18.6 Å². The van der Waals surface area contributed by atoms with Gasteiger partial charge in [-0.05, 0) is 68.2 Å². The van der Waals surface area contributed by atoms with Crippen LogP contribution in [0.4, 0.5) is 5.69 Å². The molecular formula is C32H35N7O2. The second kappa shape index (κ2) is 11.8. The highest BCUT2D eigenvalue weighted by Gasteiger charge is 2.21. The van der Waals surface area contributed by atoms with Gasteiger partial charge in [-0.15, -0.1) is 0 Å².